The standard InChI is InChI=1S/C10H14N6O/c1-7(2)13-6-9-15-16-10(17-9)14-8-5-11-3-4-12-8/h3-5,7,13H,6H2,1-2H3,(H,12,14,16). The summed E-state index contributed by atoms with van der Waals surface area (Å²) in [4.78, 5) is 7.96. The second-order valence-corrected chi connectivity index (χ2v) is 3.75. The molecule has 0 amide bonds. The summed E-state index contributed by atoms with van der Waals surface area (Å²) < 4.78 is 5.37. The van der Waals surface area contributed by atoms with Crippen LogP contribution in [0.25, 0.3) is 0 Å². The smallest absolute Gasteiger partial charge is 0.321 e. The lowest BCUT2D eigenvalue weighted by atomic mass is 10.4. The zero-order chi connectivity index (χ0) is 12.1. The van der Waals surface area contributed by atoms with Gasteiger partial charge in [-0.1, -0.05) is 18.9 Å². The van der Waals surface area contributed by atoms with E-state index in [-0.39, 0.29) is 0 Å². The van der Waals surface area contributed by atoms with Crippen LogP contribution < -0.4 is 10.6 Å². The van der Waals surface area contributed by atoms with Crippen LogP contribution in [0.15, 0.2) is 23.0 Å². The molecule has 0 bridgehead atoms. The van der Waals surface area contributed by atoms with Gasteiger partial charge in [0.25, 0.3) is 0 Å². The molecule has 0 aliphatic heterocycles. The number of nitrogens with zero attached hydrogens (tertiary/aromatic N) is 4. The molecular weight excluding hydrogens is 220 g/mol. The van der Waals surface area contributed by atoms with Crippen molar-refractivity contribution in [3.05, 3.63) is 24.5 Å². The molecule has 2 aromatic rings. The molecule has 0 fully saturated rings. The topological polar surface area (TPSA) is 88.8 Å². The first-order valence-corrected chi connectivity index (χ1v) is 5.33. The molecule has 0 aliphatic rings. The maximum Gasteiger partial charge on any atom is 0.321 e. The number of aromatic nitrogens is 4. The van der Waals surface area contributed by atoms with Crippen LogP contribution in [0.4, 0.5) is 11.8 Å². The molecule has 2 aromatic heterocycles. The van der Waals surface area contributed by atoms with Crippen molar-refractivity contribution in [1.82, 2.24) is 25.5 Å². The fraction of sp³-hybridized carbons (Fsp3) is 0.400. The van der Waals surface area contributed by atoms with Crippen molar-refractivity contribution in [2.75, 3.05) is 5.32 Å². The number of hydrogen-bond acceptors (Lipinski definition) is 7. The molecular formula is C10H14N6O. The highest BCUT2D eigenvalue weighted by molar-refractivity contribution is 5.42. The highest BCUT2D eigenvalue weighted by Crippen LogP contribution is 2.11. The van der Waals surface area contributed by atoms with E-state index in [9.17, 15) is 0 Å². The summed E-state index contributed by atoms with van der Waals surface area (Å²) in [5.74, 6) is 1.10. The molecule has 90 valence electrons. The molecule has 0 spiro atoms. The SMILES string of the molecule is CC(C)NCc1nnc(Nc2cnccn2)o1. The molecule has 0 radical (unpaired) electrons. The van der Waals surface area contributed by atoms with Crippen LogP contribution in [0.3, 0.4) is 0 Å². The van der Waals surface area contributed by atoms with Gasteiger partial charge in [-0.3, -0.25) is 10.3 Å². The van der Waals surface area contributed by atoms with E-state index in [0.717, 1.165) is 0 Å². The van der Waals surface area contributed by atoms with Gasteiger partial charge in [-0.15, -0.1) is 5.10 Å². The Morgan fingerprint density at radius 1 is 1.29 bits per heavy atom. The lowest BCUT2D eigenvalue weighted by Gasteiger charge is -2.03. The molecule has 7 nitrogen and oxygen atoms in total. The normalized spacial score (nSPS) is 10.8. The number of nitrogens with one attached hydrogen (secondary N) is 2. The largest absolute Gasteiger partial charge is 0.406 e. The Hall–Kier alpha value is -2.02. The third kappa shape index (κ3) is 3.49. The minimum Gasteiger partial charge on any atom is -0.406 e. The second-order valence-electron chi connectivity index (χ2n) is 3.75. The van der Waals surface area contributed by atoms with E-state index >= 15 is 0 Å². The average Bonchev–Trinajstić information content (AvgIpc) is 2.75. The van der Waals surface area contributed by atoms with Crippen molar-refractivity contribution in [3.63, 3.8) is 0 Å². The summed E-state index contributed by atoms with van der Waals surface area (Å²) >= 11 is 0. The van der Waals surface area contributed by atoms with Gasteiger partial charge in [-0.2, -0.15) is 0 Å². The van der Waals surface area contributed by atoms with Crippen LogP contribution in [-0.2, 0) is 6.54 Å². The van der Waals surface area contributed by atoms with Crippen molar-refractivity contribution >= 4 is 11.8 Å². The van der Waals surface area contributed by atoms with Gasteiger partial charge >= 0.3 is 6.01 Å². The van der Waals surface area contributed by atoms with Crippen molar-refractivity contribution < 1.29 is 4.42 Å². The summed E-state index contributed by atoms with van der Waals surface area (Å²) in [6, 6.07) is 0.685. The molecule has 2 heterocycles. The molecule has 0 aromatic carbocycles. The van der Waals surface area contributed by atoms with Gasteiger partial charge in [0.1, 0.15) is 0 Å². The van der Waals surface area contributed by atoms with Gasteiger partial charge in [0.15, 0.2) is 5.82 Å². The predicted molar refractivity (Wildman–Crippen MR) is 61.6 cm³/mol. The molecule has 0 saturated carbocycles. The first-order valence-electron chi connectivity index (χ1n) is 5.33. The van der Waals surface area contributed by atoms with Gasteiger partial charge in [-0.25, -0.2) is 4.98 Å². The Balaban J connectivity index is 1.94. The summed E-state index contributed by atoms with van der Waals surface area (Å²) in [5.41, 5.74) is 0. The highest BCUT2D eigenvalue weighted by atomic mass is 16.4. The summed E-state index contributed by atoms with van der Waals surface area (Å²) in [6.45, 7) is 4.65. The molecule has 17 heavy (non-hydrogen) atoms. The average molecular weight is 234 g/mol. The molecule has 7 heteroatoms. The number of hydrogen-bond donors (Lipinski definition) is 2. The van der Waals surface area contributed by atoms with E-state index in [1.807, 2.05) is 0 Å². The Morgan fingerprint density at radius 2 is 2.18 bits per heavy atom. The number of anilines is 2. The Bertz CT molecular complexity index is 455. The highest BCUT2D eigenvalue weighted by Gasteiger charge is 2.06. The summed E-state index contributed by atoms with van der Waals surface area (Å²) in [5, 5.41) is 13.8. The van der Waals surface area contributed by atoms with Crippen LogP contribution in [0.5, 0.6) is 0 Å². The number of rotatable bonds is 5. The summed E-state index contributed by atoms with van der Waals surface area (Å²) in [7, 11) is 0. The third-order valence-corrected chi connectivity index (χ3v) is 1.93. The minimum atomic E-state index is 0.311. The monoisotopic (exact) mass is 234 g/mol. The second kappa shape index (κ2) is 5.35. The van der Waals surface area contributed by atoms with E-state index in [1.165, 1.54) is 0 Å². The van der Waals surface area contributed by atoms with Crippen LogP contribution in [0.1, 0.15) is 19.7 Å². The maximum atomic E-state index is 5.37. The van der Waals surface area contributed by atoms with Gasteiger partial charge in [0, 0.05) is 18.4 Å². The Labute approximate surface area is 98.7 Å². The molecule has 0 unspecified atom stereocenters. The first kappa shape index (κ1) is 11.5. The molecule has 2 N–H and O–H groups in total. The van der Waals surface area contributed by atoms with Crippen LogP contribution >= 0.6 is 0 Å². The summed E-state index contributed by atoms with van der Waals surface area (Å²) in [6.07, 6.45) is 4.76. The predicted octanol–water partition coefficient (Wildman–Crippen LogP) is 1.10. The van der Waals surface area contributed by atoms with Crippen molar-refractivity contribution in [1.29, 1.82) is 0 Å². The molecule has 0 saturated heterocycles. The minimum absolute atomic E-state index is 0.311. The van der Waals surface area contributed by atoms with E-state index < -0.39 is 0 Å². The van der Waals surface area contributed by atoms with E-state index in [1.54, 1.807) is 18.6 Å². The van der Waals surface area contributed by atoms with Crippen LogP contribution in [-0.4, -0.2) is 26.2 Å². The van der Waals surface area contributed by atoms with E-state index in [2.05, 4.69) is 44.6 Å². The van der Waals surface area contributed by atoms with Crippen molar-refractivity contribution in [2.24, 2.45) is 0 Å². The fourth-order valence-corrected chi connectivity index (χ4v) is 1.14. The zero-order valence-electron chi connectivity index (χ0n) is 9.71. The Morgan fingerprint density at radius 3 is 2.88 bits per heavy atom. The van der Waals surface area contributed by atoms with Gasteiger partial charge in [0.05, 0.1) is 12.7 Å². The first-order chi connectivity index (χ1) is 8.24. The third-order valence-electron chi connectivity index (χ3n) is 1.93. The lowest BCUT2D eigenvalue weighted by molar-refractivity contribution is 0.460. The van der Waals surface area contributed by atoms with Crippen molar-refractivity contribution in [2.45, 2.75) is 26.4 Å². The zero-order valence-corrected chi connectivity index (χ0v) is 9.71. The fourth-order valence-electron chi connectivity index (χ4n) is 1.14. The maximum absolute atomic E-state index is 5.37. The van der Waals surface area contributed by atoms with Gasteiger partial charge in [-0.05, 0) is 0 Å². The van der Waals surface area contributed by atoms with Crippen LogP contribution in [0.2, 0.25) is 0 Å². The molecule has 0 atom stereocenters. The van der Waals surface area contributed by atoms with E-state index in [0.29, 0.717) is 30.3 Å². The molecule has 2 rings (SSSR count). The Kier molecular flexibility index (Phi) is 3.61. The molecule has 0 aliphatic carbocycles. The quantitative estimate of drug-likeness (QED) is 0.800. The van der Waals surface area contributed by atoms with Crippen molar-refractivity contribution in [3.8, 4) is 0 Å². The lowest BCUT2D eigenvalue weighted by Crippen LogP contribution is -2.21. The van der Waals surface area contributed by atoms with Crippen LogP contribution in [0, 0.1) is 0 Å². The van der Waals surface area contributed by atoms with Gasteiger partial charge in [0.2, 0.25) is 5.89 Å². The van der Waals surface area contributed by atoms with E-state index in [4.69, 9.17) is 4.42 Å². The van der Waals surface area contributed by atoms with Gasteiger partial charge < -0.3 is 9.73 Å².